The van der Waals surface area contributed by atoms with Crippen molar-refractivity contribution in [2.75, 3.05) is 18.4 Å². The van der Waals surface area contributed by atoms with Gasteiger partial charge in [0.05, 0.1) is 26.2 Å². The van der Waals surface area contributed by atoms with E-state index in [2.05, 4.69) is 10.3 Å². The molecule has 6 nitrogen and oxygen atoms in total. The average Bonchev–Trinajstić information content (AvgIpc) is 3.33. The number of aromatic nitrogens is 1. The number of thiophene rings is 1. The summed E-state index contributed by atoms with van der Waals surface area (Å²) in [4.78, 5) is 18.8. The Labute approximate surface area is 183 Å². The zero-order valence-electron chi connectivity index (χ0n) is 16.1. The molecule has 2 heterocycles. The molecule has 0 unspecified atom stereocenters. The average molecular weight is 470 g/mol. The predicted molar refractivity (Wildman–Crippen MR) is 120 cm³/mol. The number of rotatable bonds is 7. The fourth-order valence-electron chi connectivity index (χ4n) is 2.77. The fourth-order valence-corrected chi connectivity index (χ4v) is 6.17. The number of halogens is 1. The van der Waals surface area contributed by atoms with Crippen molar-refractivity contribution in [3.63, 3.8) is 0 Å². The summed E-state index contributed by atoms with van der Waals surface area (Å²) in [6.07, 6.45) is 0. The second kappa shape index (κ2) is 8.93. The van der Waals surface area contributed by atoms with Crippen molar-refractivity contribution in [2.24, 2.45) is 0 Å². The van der Waals surface area contributed by atoms with Gasteiger partial charge in [0.25, 0.3) is 5.91 Å². The maximum absolute atomic E-state index is 12.8. The summed E-state index contributed by atoms with van der Waals surface area (Å²) in [6.45, 7) is 6.03. The number of thiazole rings is 1. The molecule has 0 aliphatic rings. The van der Waals surface area contributed by atoms with Crippen LogP contribution in [0.5, 0.6) is 0 Å². The highest BCUT2D eigenvalue weighted by Gasteiger charge is 2.24. The van der Waals surface area contributed by atoms with Gasteiger partial charge in [-0.05, 0) is 36.6 Å². The lowest BCUT2D eigenvalue weighted by atomic mass is 10.3. The number of hydrogen-bond acceptors (Lipinski definition) is 6. The Balaban J connectivity index is 1.90. The summed E-state index contributed by atoms with van der Waals surface area (Å²) >= 11 is 9.06. The smallest absolute Gasteiger partial charge is 0.267 e. The number of aryl methyl sites for hydroxylation is 1. The number of carbonyl (C=O) groups excluding carboxylic acids is 1. The van der Waals surface area contributed by atoms with Gasteiger partial charge in [-0.3, -0.25) is 4.79 Å². The van der Waals surface area contributed by atoms with Crippen LogP contribution in [0.2, 0.25) is 5.02 Å². The Morgan fingerprint density at radius 2 is 1.97 bits per heavy atom. The maximum atomic E-state index is 12.8. The largest absolute Gasteiger partial charge is 0.320 e. The van der Waals surface area contributed by atoms with Gasteiger partial charge in [0.15, 0.2) is 0 Å². The Morgan fingerprint density at radius 3 is 2.59 bits per heavy atom. The van der Waals surface area contributed by atoms with E-state index >= 15 is 0 Å². The van der Waals surface area contributed by atoms with Crippen LogP contribution in [0, 0.1) is 6.92 Å². The van der Waals surface area contributed by atoms with Crippen LogP contribution >= 0.6 is 34.3 Å². The number of carbonyl (C=O) groups is 1. The predicted octanol–water partition coefficient (Wildman–Crippen LogP) is 5.12. The van der Waals surface area contributed by atoms with Crippen LogP contribution in [-0.4, -0.2) is 36.7 Å². The lowest BCUT2D eigenvalue weighted by Crippen LogP contribution is -2.30. The number of hydrogen-bond donors (Lipinski definition) is 1. The molecule has 2 aromatic heterocycles. The first-order valence-electron chi connectivity index (χ1n) is 8.90. The molecule has 10 heteroatoms. The fraction of sp³-hybridized carbons (Fsp3) is 0.263. The standard InChI is InChI=1S/C19H20ClN3O3S3/c1-4-23(5-2)29(25,26)13-8-9-14(20)15(11-13)22-18(24)17-12(3)21-19(28-17)16-7-6-10-27-16/h6-11H,4-5H2,1-3H3,(H,22,24). The van der Waals surface area contributed by atoms with Crippen molar-refractivity contribution < 1.29 is 13.2 Å². The van der Waals surface area contributed by atoms with Gasteiger partial charge in [0.1, 0.15) is 9.88 Å². The number of benzene rings is 1. The van der Waals surface area contributed by atoms with E-state index in [1.807, 2.05) is 17.5 Å². The van der Waals surface area contributed by atoms with E-state index in [0.29, 0.717) is 23.7 Å². The Bertz CT molecular complexity index is 1120. The summed E-state index contributed by atoms with van der Waals surface area (Å²) < 4.78 is 26.9. The molecule has 0 saturated heterocycles. The van der Waals surface area contributed by atoms with E-state index < -0.39 is 10.0 Å². The van der Waals surface area contributed by atoms with Gasteiger partial charge in [-0.25, -0.2) is 13.4 Å². The summed E-state index contributed by atoms with van der Waals surface area (Å²) in [5, 5.41) is 5.72. The highest BCUT2D eigenvalue weighted by atomic mass is 35.5. The molecule has 0 spiro atoms. The molecule has 0 aliphatic carbocycles. The van der Waals surface area contributed by atoms with Crippen LogP contribution < -0.4 is 5.32 Å². The van der Waals surface area contributed by atoms with E-state index in [4.69, 9.17) is 11.6 Å². The molecule has 1 amide bonds. The minimum atomic E-state index is -3.66. The maximum Gasteiger partial charge on any atom is 0.267 e. The molecule has 0 atom stereocenters. The van der Waals surface area contributed by atoms with E-state index in [1.54, 1.807) is 32.1 Å². The summed E-state index contributed by atoms with van der Waals surface area (Å²) in [5.41, 5.74) is 0.856. The number of anilines is 1. The first-order valence-corrected chi connectivity index (χ1v) is 12.4. The lowest BCUT2D eigenvalue weighted by molar-refractivity contribution is 0.102. The van der Waals surface area contributed by atoms with E-state index in [1.165, 1.54) is 33.8 Å². The molecule has 3 aromatic rings. The highest BCUT2D eigenvalue weighted by Crippen LogP contribution is 2.32. The Morgan fingerprint density at radius 1 is 1.24 bits per heavy atom. The third-order valence-electron chi connectivity index (χ3n) is 4.26. The normalized spacial score (nSPS) is 11.8. The van der Waals surface area contributed by atoms with E-state index in [9.17, 15) is 13.2 Å². The monoisotopic (exact) mass is 469 g/mol. The first kappa shape index (κ1) is 21.9. The minimum absolute atomic E-state index is 0.0844. The Kier molecular flexibility index (Phi) is 6.75. The summed E-state index contributed by atoms with van der Waals surface area (Å²) in [7, 11) is -3.66. The van der Waals surface area contributed by atoms with Crippen LogP contribution in [0.25, 0.3) is 9.88 Å². The van der Waals surface area contributed by atoms with Crippen molar-refractivity contribution in [2.45, 2.75) is 25.7 Å². The lowest BCUT2D eigenvalue weighted by Gasteiger charge is -2.19. The molecular formula is C19H20ClN3O3S3. The topological polar surface area (TPSA) is 79.4 Å². The number of amides is 1. The number of nitrogens with one attached hydrogen (secondary N) is 1. The van der Waals surface area contributed by atoms with E-state index in [0.717, 1.165) is 9.88 Å². The van der Waals surface area contributed by atoms with Crippen LogP contribution in [0.4, 0.5) is 5.69 Å². The van der Waals surface area contributed by atoms with Gasteiger partial charge in [-0.1, -0.05) is 31.5 Å². The zero-order valence-corrected chi connectivity index (χ0v) is 19.3. The first-order chi connectivity index (χ1) is 13.8. The number of sulfonamides is 1. The molecule has 29 heavy (non-hydrogen) atoms. The van der Waals surface area contributed by atoms with Crippen molar-refractivity contribution in [3.8, 4) is 9.88 Å². The van der Waals surface area contributed by atoms with Crippen molar-refractivity contribution in [3.05, 3.63) is 51.3 Å². The highest BCUT2D eigenvalue weighted by molar-refractivity contribution is 7.89. The van der Waals surface area contributed by atoms with Crippen LogP contribution in [-0.2, 0) is 10.0 Å². The molecule has 0 fully saturated rings. The molecule has 0 bridgehead atoms. The van der Waals surface area contributed by atoms with Crippen LogP contribution in [0.15, 0.2) is 40.6 Å². The summed E-state index contributed by atoms with van der Waals surface area (Å²) in [6, 6.07) is 8.19. The van der Waals surface area contributed by atoms with Crippen molar-refractivity contribution in [1.82, 2.24) is 9.29 Å². The second-order valence-electron chi connectivity index (χ2n) is 6.10. The molecule has 0 radical (unpaired) electrons. The second-order valence-corrected chi connectivity index (χ2v) is 10.4. The zero-order chi connectivity index (χ0) is 21.2. The molecule has 3 rings (SSSR count). The van der Waals surface area contributed by atoms with Crippen LogP contribution in [0.3, 0.4) is 0 Å². The van der Waals surface area contributed by atoms with Gasteiger partial charge in [-0.2, -0.15) is 4.31 Å². The van der Waals surface area contributed by atoms with Gasteiger partial charge >= 0.3 is 0 Å². The third-order valence-corrected chi connectivity index (χ3v) is 8.83. The number of nitrogens with zero attached hydrogens (tertiary/aromatic N) is 2. The molecule has 1 aromatic carbocycles. The van der Waals surface area contributed by atoms with Crippen LogP contribution in [0.1, 0.15) is 29.2 Å². The van der Waals surface area contributed by atoms with E-state index in [-0.39, 0.29) is 21.5 Å². The molecule has 154 valence electrons. The molecular weight excluding hydrogens is 450 g/mol. The van der Waals surface area contributed by atoms with Gasteiger partial charge in [-0.15, -0.1) is 22.7 Å². The Hall–Kier alpha value is -1.78. The molecule has 0 saturated carbocycles. The third kappa shape index (κ3) is 4.54. The van der Waals surface area contributed by atoms with Gasteiger partial charge < -0.3 is 5.32 Å². The quantitative estimate of drug-likeness (QED) is 0.521. The molecule has 1 N–H and O–H groups in total. The minimum Gasteiger partial charge on any atom is -0.320 e. The van der Waals surface area contributed by atoms with Gasteiger partial charge in [0, 0.05) is 13.1 Å². The summed E-state index contributed by atoms with van der Waals surface area (Å²) in [5.74, 6) is -0.373. The SMILES string of the molecule is CCN(CC)S(=O)(=O)c1ccc(Cl)c(NC(=O)c2sc(-c3cccs3)nc2C)c1. The van der Waals surface area contributed by atoms with Gasteiger partial charge in [0.2, 0.25) is 10.0 Å². The molecule has 0 aliphatic heterocycles. The van der Waals surface area contributed by atoms with Crippen molar-refractivity contribution >= 4 is 55.9 Å². The van der Waals surface area contributed by atoms with Crippen molar-refractivity contribution in [1.29, 1.82) is 0 Å².